The van der Waals surface area contributed by atoms with Gasteiger partial charge in [-0.2, -0.15) is 5.10 Å². The first-order valence-corrected chi connectivity index (χ1v) is 7.70. The van der Waals surface area contributed by atoms with E-state index >= 15 is 0 Å². The minimum Gasteiger partial charge on any atom is -0.380 e. The van der Waals surface area contributed by atoms with Gasteiger partial charge in [-0.15, -0.1) is 0 Å². The van der Waals surface area contributed by atoms with Crippen molar-refractivity contribution in [1.82, 2.24) is 24.6 Å². The van der Waals surface area contributed by atoms with Crippen LogP contribution in [0.5, 0.6) is 0 Å². The van der Waals surface area contributed by atoms with Crippen molar-refractivity contribution >= 4 is 0 Å². The van der Waals surface area contributed by atoms with Gasteiger partial charge in [0.25, 0.3) is 0 Å². The van der Waals surface area contributed by atoms with E-state index in [1.54, 1.807) is 12.7 Å². The van der Waals surface area contributed by atoms with E-state index in [9.17, 15) is 0 Å². The van der Waals surface area contributed by atoms with Crippen LogP contribution in [-0.4, -0.2) is 76.5 Å². The third-order valence-corrected chi connectivity index (χ3v) is 4.00. The predicted molar refractivity (Wildman–Crippen MR) is 78.6 cm³/mol. The molecule has 1 aliphatic heterocycles. The molecule has 0 bridgehead atoms. The van der Waals surface area contributed by atoms with Crippen LogP contribution in [-0.2, 0) is 11.3 Å². The summed E-state index contributed by atoms with van der Waals surface area (Å²) in [7, 11) is 0. The first-order valence-electron chi connectivity index (χ1n) is 7.70. The number of nitrogens with zero attached hydrogens (tertiary/aromatic N) is 5. The summed E-state index contributed by atoms with van der Waals surface area (Å²) in [5.74, 6) is 0. The zero-order valence-corrected chi connectivity index (χ0v) is 12.7. The first-order chi connectivity index (χ1) is 9.83. The van der Waals surface area contributed by atoms with Crippen molar-refractivity contribution in [2.24, 2.45) is 0 Å². The van der Waals surface area contributed by atoms with Gasteiger partial charge >= 0.3 is 0 Å². The normalized spacial score (nSPS) is 21.4. The van der Waals surface area contributed by atoms with Crippen LogP contribution in [0.3, 0.4) is 0 Å². The summed E-state index contributed by atoms with van der Waals surface area (Å²) < 4.78 is 7.38. The van der Waals surface area contributed by atoms with Gasteiger partial charge in [0.1, 0.15) is 12.7 Å². The highest BCUT2D eigenvalue weighted by atomic mass is 16.5. The Morgan fingerprint density at radius 2 is 2.10 bits per heavy atom. The van der Waals surface area contributed by atoms with E-state index in [1.165, 1.54) is 6.42 Å². The van der Waals surface area contributed by atoms with Crippen LogP contribution in [0.15, 0.2) is 12.7 Å². The Hall–Kier alpha value is -0.980. The van der Waals surface area contributed by atoms with E-state index < -0.39 is 0 Å². The van der Waals surface area contributed by atoms with Crippen LogP contribution < -0.4 is 0 Å². The maximum Gasteiger partial charge on any atom is 0.137 e. The molecule has 0 saturated carbocycles. The lowest BCUT2D eigenvalue weighted by atomic mass is 10.1. The van der Waals surface area contributed by atoms with Gasteiger partial charge in [-0.25, -0.2) is 4.98 Å². The monoisotopic (exact) mass is 281 g/mol. The molecule has 114 valence electrons. The van der Waals surface area contributed by atoms with Gasteiger partial charge < -0.3 is 4.74 Å². The van der Waals surface area contributed by atoms with E-state index in [4.69, 9.17) is 4.74 Å². The van der Waals surface area contributed by atoms with Gasteiger partial charge in [0.05, 0.1) is 13.2 Å². The van der Waals surface area contributed by atoms with Crippen molar-refractivity contribution < 1.29 is 4.74 Å². The second-order valence-corrected chi connectivity index (χ2v) is 5.25. The van der Waals surface area contributed by atoms with Crippen LogP contribution in [0.2, 0.25) is 0 Å². The fourth-order valence-electron chi connectivity index (χ4n) is 2.76. The van der Waals surface area contributed by atoms with Crippen LogP contribution >= 0.6 is 0 Å². The lowest BCUT2D eigenvalue weighted by Crippen LogP contribution is -2.54. The van der Waals surface area contributed by atoms with Gasteiger partial charge in [-0.05, 0) is 13.3 Å². The maximum absolute atomic E-state index is 5.48. The highest BCUT2D eigenvalue weighted by Gasteiger charge is 2.25. The summed E-state index contributed by atoms with van der Waals surface area (Å²) in [6.07, 6.45) is 4.59. The van der Waals surface area contributed by atoms with Gasteiger partial charge in [0.15, 0.2) is 0 Å². The molecule has 2 rings (SSSR count). The third-order valence-electron chi connectivity index (χ3n) is 4.00. The molecule has 0 spiro atoms. The van der Waals surface area contributed by atoms with Crippen molar-refractivity contribution in [2.75, 3.05) is 45.9 Å². The van der Waals surface area contributed by atoms with Crippen LogP contribution in [0.25, 0.3) is 0 Å². The summed E-state index contributed by atoms with van der Waals surface area (Å²) in [5.41, 5.74) is 0. The predicted octanol–water partition coefficient (Wildman–Crippen LogP) is 0.711. The van der Waals surface area contributed by atoms with Crippen molar-refractivity contribution in [3.63, 3.8) is 0 Å². The van der Waals surface area contributed by atoms with E-state index in [0.717, 1.165) is 52.5 Å². The number of rotatable bonds is 8. The zero-order valence-electron chi connectivity index (χ0n) is 12.7. The largest absolute Gasteiger partial charge is 0.380 e. The smallest absolute Gasteiger partial charge is 0.137 e. The molecule has 1 aromatic rings. The summed E-state index contributed by atoms with van der Waals surface area (Å²) in [5, 5.41) is 4.16. The molecule has 6 heteroatoms. The second kappa shape index (κ2) is 8.34. The molecule has 2 heterocycles. The standard InChI is InChI=1S/C14H27N5O/c1-3-14-11-17(6-8-19-13-15-12-16-19)5-7-18(14)9-10-20-4-2/h12-14H,3-11H2,1-2H3/t14-/m1/s1. The molecule has 0 unspecified atom stereocenters. The zero-order chi connectivity index (χ0) is 14.2. The molecule has 0 aromatic carbocycles. The maximum atomic E-state index is 5.48. The Kier molecular flexibility index (Phi) is 6.42. The van der Waals surface area contributed by atoms with Crippen LogP contribution in [0.4, 0.5) is 0 Å². The molecular formula is C14H27N5O. The summed E-state index contributed by atoms with van der Waals surface area (Å²) in [6, 6.07) is 0.653. The molecule has 1 atom stereocenters. The van der Waals surface area contributed by atoms with Crippen molar-refractivity contribution in [2.45, 2.75) is 32.9 Å². The fourth-order valence-corrected chi connectivity index (χ4v) is 2.76. The Balaban J connectivity index is 1.73. The Morgan fingerprint density at radius 3 is 2.80 bits per heavy atom. The van der Waals surface area contributed by atoms with Crippen molar-refractivity contribution in [1.29, 1.82) is 0 Å². The quantitative estimate of drug-likeness (QED) is 0.657. The summed E-state index contributed by atoms with van der Waals surface area (Å²) in [6.45, 7) is 12.5. The van der Waals surface area contributed by atoms with E-state index in [-0.39, 0.29) is 0 Å². The molecule has 20 heavy (non-hydrogen) atoms. The molecule has 1 saturated heterocycles. The average Bonchev–Trinajstić information content (AvgIpc) is 2.99. The lowest BCUT2D eigenvalue weighted by molar-refractivity contribution is 0.0399. The van der Waals surface area contributed by atoms with Crippen LogP contribution in [0, 0.1) is 0 Å². The number of aromatic nitrogens is 3. The molecule has 0 N–H and O–H groups in total. The molecule has 0 aliphatic carbocycles. The molecular weight excluding hydrogens is 254 g/mol. The number of piperazine rings is 1. The molecule has 1 aromatic heterocycles. The summed E-state index contributed by atoms with van der Waals surface area (Å²) in [4.78, 5) is 9.09. The molecule has 0 amide bonds. The highest BCUT2D eigenvalue weighted by Crippen LogP contribution is 2.12. The van der Waals surface area contributed by atoms with Crippen molar-refractivity contribution in [3.05, 3.63) is 12.7 Å². The number of hydrogen-bond acceptors (Lipinski definition) is 5. The molecule has 6 nitrogen and oxygen atoms in total. The average molecular weight is 281 g/mol. The Labute approximate surface area is 121 Å². The molecule has 1 fully saturated rings. The topological polar surface area (TPSA) is 46.4 Å². The minimum absolute atomic E-state index is 0.653. The second-order valence-electron chi connectivity index (χ2n) is 5.25. The van der Waals surface area contributed by atoms with Crippen LogP contribution in [0.1, 0.15) is 20.3 Å². The summed E-state index contributed by atoms with van der Waals surface area (Å²) >= 11 is 0. The lowest BCUT2D eigenvalue weighted by Gasteiger charge is -2.41. The SMILES string of the molecule is CCOCCN1CCN(CCn2cncn2)C[C@H]1CC. The third kappa shape index (κ3) is 4.54. The van der Waals surface area contributed by atoms with Gasteiger partial charge in [-0.3, -0.25) is 14.5 Å². The van der Waals surface area contributed by atoms with Crippen molar-refractivity contribution in [3.8, 4) is 0 Å². The minimum atomic E-state index is 0.653. The highest BCUT2D eigenvalue weighted by molar-refractivity contribution is 4.81. The first kappa shape index (κ1) is 15.4. The molecule has 0 radical (unpaired) electrons. The fraction of sp³-hybridized carbons (Fsp3) is 0.857. The van der Waals surface area contributed by atoms with E-state index in [0.29, 0.717) is 6.04 Å². The van der Waals surface area contributed by atoms with E-state index in [1.807, 2.05) is 4.68 Å². The van der Waals surface area contributed by atoms with Gasteiger partial charge in [0.2, 0.25) is 0 Å². The van der Waals surface area contributed by atoms with Gasteiger partial charge in [-0.1, -0.05) is 6.92 Å². The Morgan fingerprint density at radius 1 is 1.20 bits per heavy atom. The number of ether oxygens (including phenoxy) is 1. The number of hydrogen-bond donors (Lipinski definition) is 0. The van der Waals surface area contributed by atoms with E-state index in [2.05, 4.69) is 33.7 Å². The molecule has 1 aliphatic rings. The Bertz CT molecular complexity index is 356. The van der Waals surface area contributed by atoms with Gasteiger partial charge in [0, 0.05) is 45.4 Å².